The number of ketones is 1. The van der Waals surface area contributed by atoms with Gasteiger partial charge in [0.25, 0.3) is 0 Å². The third-order valence-electron chi connectivity index (χ3n) is 8.17. The summed E-state index contributed by atoms with van der Waals surface area (Å²) in [6, 6.07) is 13.7. The summed E-state index contributed by atoms with van der Waals surface area (Å²) in [5.74, 6) is 0.230. The van der Waals surface area contributed by atoms with Crippen molar-refractivity contribution in [2.24, 2.45) is 0 Å². The van der Waals surface area contributed by atoms with Crippen molar-refractivity contribution < 1.29 is 14.0 Å². The Kier molecular flexibility index (Phi) is 9.82. The zero-order valence-electron chi connectivity index (χ0n) is 23.8. The van der Waals surface area contributed by atoms with Crippen LogP contribution in [0.5, 0.6) is 0 Å². The monoisotopic (exact) mass is 541 g/mol. The summed E-state index contributed by atoms with van der Waals surface area (Å²) in [5.41, 5.74) is 4.98. The van der Waals surface area contributed by atoms with E-state index in [2.05, 4.69) is 41.5 Å². The molecule has 0 aliphatic carbocycles. The summed E-state index contributed by atoms with van der Waals surface area (Å²) in [7, 11) is -2.13. The topological polar surface area (TPSA) is 46.6 Å². The van der Waals surface area contributed by atoms with Gasteiger partial charge in [0.15, 0.2) is 5.78 Å². The Morgan fingerprint density at radius 1 is 1.03 bits per heavy atom. The summed E-state index contributed by atoms with van der Waals surface area (Å²) < 4.78 is 6.93. The molecule has 0 aromatic heterocycles. The largest absolute Gasteiger partial charge is 0.396 e. The summed E-state index contributed by atoms with van der Waals surface area (Å²) in [4.78, 5) is 28.1. The first-order chi connectivity index (χ1) is 17.4. The van der Waals surface area contributed by atoms with Crippen LogP contribution in [0.15, 0.2) is 42.5 Å². The van der Waals surface area contributed by atoms with Gasteiger partial charge in [-0.25, -0.2) is 0 Å². The lowest BCUT2D eigenvalue weighted by molar-refractivity contribution is -0.137. The zero-order chi connectivity index (χ0) is 27.5. The average molecular weight is 542 g/mol. The van der Waals surface area contributed by atoms with Gasteiger partial charge in [0.1, 0.15) is 6.23 Å². The highest BCUT2D eigenvalue weighted by Gasteiger charge is 2.48. The molecule has 1 amide bonds. The molecule has 1 aliphatic rings. The fourth-order valence-corrected chi connectivity index (χ4v) is 12.3. The van der Waals surface area contributed by atoms with Crippen LogP contribution in [0, 0.1) is 6.92 Å². The second kappa shape index (κ2) is 12.3. The second-order valence-corrected chi connectivity index (χ2v) is 17.4. The minimum atomic E-state index is -2.13. The van der Waals surface area contributed by atoms with E-state index < -0.39 is 8.32 Å². The molecular weight excluding hydrogens is 498 g/mol. The molecule has 0 saturated carbocycles. The van der Waals surface area contributed by atoms with Gasteiger partial charge in [-0.1, -0.05) is 83.5 Å². The number of Topliss-reactive ketones (excluding diaryl/α,β-unsaturated/α-hetero) is 1. The average Bonchev–Trinajstić information content (AvgIpc) is 3.20. The van der Waals surface area contributed by atoms with Crippen LogP contribution in [0.3, 0.4) is 0 Å². The van der Waals surface area contributed by atoms with Crippen molar-refractivity contribution in [3.05, 3.63) is 58.6 Å². The number of hydrogen-bond donors (Lipinski definition) is 0. The number of amides is 1. The maximum atomic E-state index is 13.2. The lowest BCUT2D eigenvalue weighted by Gasteiger charge is -2.46. The Morgan fingerprint density at radius 2 is 1.68 bits per heavy atom. The highest BCUT2D eigenvalue weighted by molar-refractivity contribution is 6.77. The van der Waals surface area contributed by atoms with Crippen molar-refractivity contribution in [1.82, 2.24) is 4.90 Å². The van der Waals surface area contributed by atoms with Gasteiger partial charge in [-0.15, -0.1) is 0 Å². The van der Waals surface area contributed by atoms with E-state index >= 15 is 0 Å². The van der Waals surface area contributed by atoms with Gasteiger partial charge in [-0.3, -0.25) is 9.59 Å². The molecule has 4 nitrogen and oxygen atoms in total. The van der Waals surface area contributed by atoms with Crippen LogP contribution in [0.4, 0.5) is 0 Å². The molecule has 2 aromatic rings. The van der Waals surface area contributed by atoms with E-state index in [0.717, 1.165) is 23.1 Å². The van der Waals surface area contributed by atoms with E-state index in [-0.39, 0.29) is 24.0 Å². The predicted molar refractivity (Wildman–Crippen MR) is 157 cm³/mol. The number of rotatable bonds is 11. The number of carbonyl (C=O) groups is 2. The fourth-order valence-electron chi connectivity index (χ4n) is 6.46. The number of nitrogens with zero attached hydrogens (tertiary/aromatic N) is 1. The van der Waals surface area contributed by atoms with Gasteiger partial charge in [0.05, 0.1) is 0 Å². The minimum absolute atomic E-state index is 0.0272. The van der Waals surface area contributed by atoms with Crippen LogP contribution in [-0.4, -0.2) is 37.2 Å². The highest BCUT2D eigenvalue weighted by Crippen LogP contribution is 2.44. The normalized spacial score (nSPS) is 17.4. The molecule has 1 saturated heterocycles. The SMILES string of the molecule is Cc1ccc(-c2cccc(C(=O)CC[C@@H]3CCC(=O)N3[C@@H](C)O[Si](C(C)C)(C(C)C)C(C)C)c2)c(Cl)c1. The Balaban J connectivity index is 1.73. The maximum absolute atomic E-state index is 13.2. The van der Waals surface area contributed by atoms with Crippen LogP contribution in [0.25, 0.3) is 11.1 Å². The van der Waals surface area contributed by atoms with Crippen molar-refractivity contribution in [1.29, 1.82) is 0 Å². The predicted octanol–water partition coefficient (Wildman–Crippen LogP) is 8.81. The van der Waals surface area contributed by atoms with Gasteiger partial charge < -0.3 is 9.33 Å². The van der Waals surface area contributed by atoms with Crippen molar-refractivity contribution in [3.8, 4) is 11.1 Å². The molecule has 0 unspecified atom stereocenters. The molecule has 37 heavy (non-hydrogen) atoms. The van der Waals surface area contributed by atoms with Crippen molar-refractivity contribution >= 4 is 31.6 Å². The second-order valence-electron chi connectivity index (χ2n) is 11.6. The molecule has 2 aromatic carbocycles. The number of likely N-dealkylation sites (tertiary alicyclic amines) is 1. The summed E-state index contributed by atoms with van der Waals surface area (Å²) in [5, 5.41) is 0.683. The molecule has 1 fully saturated rings. The highest BCUT2D eigenvalue weighted by atomic mass is 35.5. The fraction of sp³-hybridized carbons (Fsp3) is 0.548. The van der Waals surface area contributed by atoms with Crippen LogP contribution in [-0.2, 0) is 9.22 Å². The summed E-state index contributed by atoms with van der Waals surface area (Å²) in [6.07, 6.45) is 2.06. The van der Waals surface area contributed by atoms with E-state index in [0.29, 0.717) is 46.5 Å². The molecular formula is C31H44ClNO3Si. The Labute approximate surface area is 229 Å². The number of aryl methyl sites for hydroxylation is 1. The van der Waals surface area contributed by atoms with Crippen molar-refractivity contribution in [3.63, 3.8) is 0 Å². The van der Waals surface area contributed by atoms with Gasteiger partial charge in [0.2, 0.25) is 14.2 Å². The third-order valence-corrected chi connectivity index (χ3v) is 14.6. The standard InChI is InChI=1S/C31H44ClNO3Si/c1-20(2)37(21(3)4,22(5)6)36-24(8)33-27(14-17-31(33)35)13-16-30(34)26-11-9-10-25(19-26)28-15-12-23(7)18-29(28)32/h9-12,15,18-22,24,27H,13-14,16-17H2,1-8H3/t24-,27-/m1/s1. The molecule has 0 radical (unpaired) electrons. The number of halogens is 1. The number of benzene rings is 2. The summed E-state index contributed by atoms with van der Waals surface area (Å²) in [6.45, 7) is 17.6. The first-order valence-electron chi connectivity index (χ1n) is 13.8. The summed E-state index contributed by atoms with van der Waals surface area (Å²) >= 11 is 6.48. The number of hydrogen-bond acceptors (Lipinski definition) is 3. The smallest absolute Gasteiger partial charge is 0.224 e. The molecule has 2 atom stereocenters. The Morgan fingerprint density at radius 3 is 2.27 bits per heavy atom. The van der Waals surface area contributed by atoms with Crippen LogP contribution < -0.4 is 0 Å². The molecule has 6 heteroatoms. The quantitative estimate of drug-likeness (QED) is 0.211. The van der Waals surface area contributed by atoms with E-state index in [9.17, 15) is 9.59 Å². The van der Waals surface area contributed by atoms with Gasteiger partial charge >= 0.3 is 0 Å². The van der Waals surface area contributed by atoms with Crippen LogP contribution in [0.1, 0.15) is 90.1 Å². The first-order valence-corrected chi connectivity index (χ1v) is 16.3. The van der Waals surface area contributed by atoms with E-state index in [1.165, 1.54) is 0 Å². The molecule has 0 N–H and O–H groups in total. The first kappa shape index (κ1) is 29.6. The van der Waals surface area contributed by atoms with Crippen molar-refractivity contribution in [2.45, 2.75) is 110 Å². The maximum Gasteiger partial charge on any atom is 0.224 e. The van der Waals surface area contributed by atoms with E-state index in [4.69, 9.17) is 16.0 Å². The molecule has 3 rings (SSSR count). The van der Waals surface area contributed by atoms with Crippen LogP contribution >= 0.6 is 11.6 Å². The molecule has 0 spiro atoms. The Hall–Kier alpha value is -1.95. The van der Waals surface area contributed by atoms with E-state index in [1.807, 2.05) is 61.2 Å². The zero-order valence-corrected chi connectivity index (χ0v) is 25.6. The molecule has 0 bridgehead atoms. The molecule has 202 valence electrons. The third kappa shape index (κ3) is 6.38. The van der Waals surface area contributed by atoms with Gasteiger partial charge in [-0.2, -0.15) is 0 Å². The lowest BCUT2D eigenvalue weighted by Crippen LogP contribution is -2.54. The van der Waals surface area contributed by atoms with Gasteiger partial charge in [0, 0.05) is 35.0 Å². The number of carbonyl (C=O) groups excluding carboxylic acids is 2. The molecule has 1 aliphatic heterocycles. The lowest BCUT2D eigenvalue weighted by atomic mass is 9.97. The van der Waals surface area contributed by atoms with E-state index in [1.54, 1.807) is 0 Å². The van der Waals surface area contributed by atoms with Crippen LogP contribution in [0.2, 0.25) is 21.6 Å². The molecule has 1 heterocycles. The van der Waals surface area contributed by atoms with Gasteiger partial charge in [-0.05, 0) is 66.6 Å². The minimum Gasteiger partial charge on any atom is -0.396 e. The Bertz CT molecular complexity index is 1090. The van der Waals surface area contributed by atoms with Crippen molar-refractivity contribution in [2.75, 3.05) is 0 Å².